The number of cyclic esters (lactones) is 1. The van der Waals surface area contributed by atoms with Crippen molar-refractivity contribution in [1.29, 1.82) is 0 Å². The normalized spacial score (nSPS) is 15.1. The van der Waals surface area contributed by atoms with Crippen molar-refractivity contribution < 1.29 is 19.0 Å². The summed E-state index contributed by atoms with van der Waals surface area (Å²) in [4.78, 5) is 16.5. The molecule has 0 unspecified atom stereocenters. The van der Waals surface area contributed by atoms with Crippen molar-refractivity contribution in [3.8, 4) is 11.5 Å². The number of aryl methyl sites for hydroxylation is 1. The number of hydrogen-bond acceptors (Lipinski definition) is 5. The van der Waals surface area contributed by atoms with Gasteiger partial charge in [-0.15, -0.1) is 0 Å². The number of benzene rings is 2. The first-order chi connectivity index (χ1) is 12.0. The van der Waals surface area contributed by atoms with Crippen LogP contribution in [0.1, 0.15) is 16.7 Å². The number of carbonyl (C=O) groups excluding carboxylic acids is 1. The molecule has 1 aliphatic heterocycles. The summed E-state index contributed by atoms with van der Waals surface area (Å²) in [5.74, 6) is 1.10. The van der Waals surface area contributed by atoms with Crippen LogP contribution in [0.3, 0.4) is 0 Å². The molecule has 0 fully saturated rings. The summed E-state index contributed by atoms with van der Waals surface area (Å²) < 4.78 is 16.9. The second-order valence-corrected chi connectivity index (χ2v) is 6.55. The second-order valence-electron chi connectivity index (χ2n) is 5.39. The van der Waals surface area contributed by atoms with E-state index in [1.807, 2.05) is 37.3 Å². The fourth-order valence-electron chi connectivity index (χ4n) is 2.52. The van der Waals surface area contributed by atoms with Crippen LogP contribution in [-0.2, 0) is 9.53 Å². The van der Waals surface area contributed by atoms with Gasteiger partial charge in [-0.2, -0.15) is 0 Å². The first-order valence-electron chi connectivity index (χ1n) is 7.53. The van der Waals surface area contributed by atoms with Crippen molar-refractivity contribution in [2.24, 2.45) is 4.99 Å². The topological polar surface area (TPSA) is 57.1 Å². The molecule has 2 aromatic carbocycles. The summed E-state index contributed by atoms with van der Waals surface area (Å²) in [6.07, 6.45) is 1.68. The van der Waals surface area contributed by atoms with Gasteiger partial charge in [0.1, 0.15) is 0 Å². The predicted molar refractivity (Wildman–Crippen MR) is 104 cm³/mol. The Labute approximate surface area is 159 Å². The van der Waals surface area contributed by atoms with E-state index in [-0.39, 0.29) is 5.70 Å². The number of hydrogen-bond donors (Lipinski definition) is 0. The number of nitrogens with zero attached hydrogens (tertiary/aromatic N) is 1. The fourth-order valence-corrected chi connectivity index (χ4v) is 3.36. The van der Waals surface area contributed by atoms with Gasteiger partial charge in [0.15, 0.2) is 17.2 Å². The Balaban J connectivity index is 2.00. The Hall–Kier alpha value is -2.35. The maximum atomic E-state index is 12.2. The molecule has 5 nitrogen and oxygen atoms in total. The summed E-state index contributed by atoms with van der Waals surface area (Å²) in [5.41, 5.74) is 2.84. The molecule has 2 aromatic rings. The van der Waals surface area contributed by atoms with E-state index in [0.717, 1.165) is 20.3 Å². The lowest BCUT2D eigenvalue weighted by molar-refractivity contribution is -0.129. The fraction of sp³-hybridized carbons (Fsp3) is 0.158. The van der Waals surface area contributed by atoms with Gasteiger partial charge in [0.05, 0.1) is 17.8 Å². The van der Waals surface area contributed by atoms with Crippen LogP contribution >= 0.6 is 22.6 Å². The summed E-state index contributed by atoms with van der Waals surface area (Å²) in [6, 6.07) is 11.3. The van der Waals surface area contributed by atoms with Crippen molar-refractivity contribution in [3.63, 3.8) is 0 Å². The molecule has 0 saturated carbocycles. The lowest BCUT2D eigenvalue weighted by Crippen LogP contribution is -2.06. The second kappa shape index (κ2) is 7.26. The van der Waals surface area contributed by atoms with Crippen molar-refractivity contribution in [1.82, 2.24) is 0 Å². The van der Waals surface area contributed by atoms with Crippen LogP contribution in [0.2, 0.25) is 0 Å². The van der Waals surface area contributed by atoms with E-state index in [1.54, 1.807) is 26.4 Å². The molecule has 0 radical (unpaired) electrons. The number of aliphatic imine (C=N–C) groups is 1. The molecule has 3 rings (SSSR count). The molecule has 0 atom stereocenters. The molecule has 0 N–H and O–H groups in total. The van der Waals surface area contributed by atoms with Crippen molar-refractivity contribution in [3.05, 3.63) is 62.4 Å². The van der Waals surface area contributed by atoms with Gasteiger partial charge in [-0.1, -0.05) is 18.2 Å². The Morgan fingerprint density at radius 2 is 1.92 bits per heavy atom. The van der Waals surface area contributed by atoms with Gasteiger partial charge < -0.3 is 14.2 Å². The van der Waals surface area contributed by atoms with Gasteiger partial charge >= 0.3 is 5.97 Å². The Morgan fingerprint density at radius 3 is 2.60 bits per heavy atom. The highest BCUT2D eigenvalue weighted by Crippen LogP contribution is 2.34. The van der Waals surface area contributed by atoms with Gasteiger partial charge in [-0.25, -0.2) is 9.79 Å². The summed E-state index contributed by atoms with van der Waals surface area (Å²) in [7, 11) is 3.16. The zero-order valence-electron chi connectivity index (χ0n) is 14.0. The van der Waals surface area contributed by atoms with Crippen LogP contribution in [-0.4, -0.2) is 26.1 Å². The van der Waals surface area contributed by atoms with Crippen molar-refractivity contribution in [2.75, 3.05) is 14.2 Å². The van der Waals surface area contributed by atoms with E-state index in [0.29, 0.717) is 17.4 Å². The van der Waals surface area contributed by atoms with E-state index in [9.17, 15) is 4.79 Å². The van der Waals surface area contributed by atoms with Crippen LogP contribution in [0, 0.1) is 10.5 Å². The molecule has 128 valence electrons. The number of ether oxygens (including phenoxy) is 3. The van der Waals surface area contributed by atoms with E-state index in [2.05, 4.69) is 27.6 Å². The summed E-state index contributed by atoms with van der Waals surface area (Å²) in [5, 5.41) is 0. The van der Waals surface area contributed by atoms with Gasteiger partial charge in [-0.3, -0.25) is 0 Å². The molecule has 1 heterocycles. The molecule has 0 bridgehead atoms. The monoisotopic (exact) mass is 449 g/mol. The van der Waals surface area contributed by atoms with Gasteiger partial charge in [-0.05, 0) is 64.9 Å². The molecule has 0 saturated heterocycles. The Morgan fingerprint density at radius 1 is 1.16 bits per heavy atom. The highest BCUT2D eigenvalue weighted by molar-refractivity contribution is 14.1. The maximum Gasteiger partial charge on any atom is 0.363 e. The zero-order valence-corrected chi connectivity index (χ0v) is 16.2. The predicted octanol–water partition coefficient (Wildman–Crippen LogP) is 3.96. The average molecular weight is 449 g/mol. The van der Waals surface area contributed by atoms with Crippen LogP contribution in [0.4, 0.5) is 0 Å². The Kier molecular flexibility index (Phi) is 5.08. The molecule has 0 spiro atoms. The molecular weight excluding hydrogens is 433 g/mol. The molecule has 1 aliphatic rings. The number of methoxy groups -OCH3 is 2. The lowest BCUT2D eigenvalue weighted by atomic mass is 10.1. The third-order valence-electron chi connectivity index (χ3n) is 3.76. The lowest BCUT2D eigenvalue weighted by Gasteiger charge is -2.10. The molecule has 0 aliphatic carbocycles. The minimum absolute atomic E-state index is 0.251. The van der Waals surface area contributed by atoms with Gasteiger partial charge in [0, 0.05) is 5.56 Å². The van der Waals surface area contributed by atoms with Crippen molar-refractivity contribution in [2.45, 2.75) is 6.92 Å². The number of carbonyl (C=O) groups is 1. The third kappa shape index (κ3) is 3.53. The molecule has 0 aromatic heterocycles. The summed E-state index contributed by atoms with van der Waals surface area (Å²) in [6.45, 7) is 1.95. The number of esters is 1. The molecule has 25 heavy (non-hydrogen) atoms. The van der Waals surface area contributed by atoms with Crippen LogP contribution in [0.5, 0.6) is 11.5 Å². The van der Waals surface area contributed by atoms with E-state index < -0.39 is 5.97 Å². The average Bonchev–Trinajstić information content (AvgIpc) is 2.95. The van der Waals surface area contributed by atoms with E-state index >= 15 is 0 Å². The third-order valence-corrected chi connectivity index (χ3v) is 4.56. The molecule has 6 heteroatoms. The largest absolute Gasteiger partial charge is 0.493 e. The SMILES string of the molecule is COc1cc(/C=C2/N=C(c3ccccc3C)OC2=O)cc(I)c1OC. The van der Waals surface area contributed by atoms with E-state index in [1.165, 1.54) is 0 Å². The van der Waals surface area contributed by atoms with Crippen LogP contribution in [0.15, 0.2) is 47.1 Å². The maximum absolute atomic E-state index is 12.2. The minimum atomic E-state index is -0.469. The molecule has 0 amide bonds. The smallest absolute Gasteiger partial charge is 0.363 e. The minimum Gasteiger partial charge on any atom is -0.493 e. The quantitative estimate of drug-likeness (QED) is 0.403. The summed E-state index contributed by atoms with van der Waals surface area (Å²) >= 11 is 2.16. The van der Waals surface area contributed by atoms with Gasteiger partial charge in [0.2, 0.25) is 5.90 Å². The van der Waals surface area contributed by atoms with E-state index in [4.69, 9.17) is 14.2 Å². The van der Waals surface area contributed by atoms with Crippen LogP contribution < -0.4 is 9.47 Å². The highest BCUT2D eigenvalue weighted by atomic mass is 127. The molecular formula is C19H16INO4. The van der Waals surface area contributed by atoms with Crippen LogP contribution in [0.25, 0.3) is 6.08 Å². The number of halogens is 1. The van der Waals surface area contributed by atoms with Crippen molar-refractivity contribution >= 4 is 40.5 Å². The number of rotatable bonds is 4. The standard InChI is InChI=1S/C19H16INO4/c1-11-6-4-5-7-13(11)18-21-15(19(22)25-18)9-12-8-14(20)17(24-3)16(10-12)23-2/h4-10H,1-3H3/b15-9+. The Bertz CT molecular complexity index is 902. The zero-order chi connectivity index (χ0) is 18.0. The first kappa shape index (κ1) is 17.5. The van der Waals surface area contributed by atoms with Gasteiger partial charge in [0.25, 0.3) is 0 Å². The highest BCUT2D eigenvalue weighted by Gasteiger charge is 2.25. The first-order valence-corrected chi connectivity index (χ1v) is 8.61.